The third-order valence-corrected chi connectivity index (χ3v) is 5.32. The van der Waals surface area contributed by atoms with Crippen molar-refractivity contribution in [1.82, 2.24) is 9.29 Å². The van der Waals surface area contributed by atoms with Crippen LogP contribution < -0.4 is 5.73 Å². The van der Waals surface area contributed by atoms with Gasteiger partial charge < -0.3 is 15.8 Å². The average Bonchev–Trinajstić information content (AvgIpc) is 2.95. The summed E-state index contributed by atoms with van der Waals surface area (Å²) in [5.74, 6) is 0. The summed E-state index contributed by atoms with van der Waals surface area (Å²) < 4.78 is 26.3. The number of nitrogen functional groups attached to an aromatic ring is 1. The van der Waals surface area contributed by atoms with E-state index in [9.17, 15) is 13.5 Å². The van der Waals surface area contributed by atoms with E-state index < -0.39 is 16.1 Å². The molecule has 1 aromatic heterocycles. The molecule has 102 valence electrons. The number of rotatable bonds is 2. The predicted octanol–water partition coefficient (Wildman–Crippen LogP) is 0.505. The summed E-state index contributed by atoms with van der Waals surface area (Å²) in [4.78, 5) is 3.15. The van der Waals surface area contributed by atoms with Gasteiger partial charge in [-0.15, -0.1) is 0 Å². The second-order valence-electron chi connectivity index (χ2n) is 4.76. The number of aliphatic hydroxyl groups is 1. The summed E-state index contributed by atoms with van der Waals surface area (Å²) in [6.07, 6.45) is 1.38. The summed E-state index contributed by atoms with van der Waals surface area (Å²) >= 11 is 0. The lowest BCUT2D eigenvalue weighted by Crippen LogP contribution is -2.29. The topological polar surface area (TPSA) is 99.4 Å². The summed E-state index contributed by atoms with van der Waals surface area (Å²) in [5.41, 5.74) is 6.94. The van der Waals surface area contributed by atoms with E-state index in [-0.39, 0.29) is 11.4 Å². The molecule has 2 heterocycles. The van der Waals surface area contributed by atoms with E-state index in [4.69, 9.17) is 5.73 Å². The third-order valence-electron chi connectivity index (χ3n) is 3.41. The lowest BCUT2D eigenvalue weighted by molar-refractivity contribution is 0.189. The van der Waals surface area contributed by atoms with Crippen molar-refractivity contribution >= 4 is 26.6 Å². The molecule has 6 nitrogen and oxygen atoms in total. The van der Waals surface area contributed by atoms with Crippen LogP contribution in [0.3, 0.4) is 0 Å². The van der Waals surface area contributed by atoms with Crippen LogP contribution in [0.2, 0.25) is 0 Å². The summed E-state index contributed by atoms with van der Waals surface area (Å²) in [7, 11) is -3.57. The SMILES string of the molecule is Nc1ccc2c(S(=O)(=O)N3CC[C@@H](O)C3)c[nH]c2c1. The molecule has 1 saturated heterocycles. The molecule has 0 bridgehead atoms. The van der Waals surface area contributed by atoms with Crippen molar-refractivity contribution in [3.8, 4) is 0 Å². The Kier molecular flexibility index (Phi) is 2.77. The molecule has 0 aliphatic carbocycles. The number of aliphatic hydroxyl groups excluding tert-OH is 1. The van der Waals surface area contributed by atoms with Crippen molar-refractivity contribution in [1.29, 1.82) is 0 Å². The van der Waals surface area contributed by atoms with E-state index >= 15 is 0 Å². The quantitative estimate of drug-likeness (QED) is 0.698. The first-order chi connectivity index (χ1) is 8.98. The number of anilines is 1. The van der Waals surface area contributed by atoms with Gasteiger partial charge in [-0.3, -0.25) is 0 Å². The first-order valence-electron chi connectivity index (χ1n) is 6.03. The van der Waals surface area contributed by atoms with Gasteiger partial charge in [-0.25, -0.2) is 8.42 Å². The predicted molar refractivity (Wildman–Crippen MR) is 72.1 cm³/mol. The van der Waals surface area contributed by atoms with Gasteiger partial charge in [-0.05, 0) is 24.6 Å². The summed E-state index contributed by atoms with van der Waals surface area (Å²) in [6, 6.07) is 5.07. The van der Waals surface area contributed by atoms with Gasteiger partial charge in [0.05, 0.1) is 6.10 Å². The van der Waals surface area contributed by atoms with Crippen LogP contribution in [0.25, 0.3) is 10.9 Å². The van der Waals surface area contributed by atoms with Gasteiger partial charge in [0.15, 0.2) is 0 Å². The Hall–Kier alpha value is -1.57. The van der Waals surface area contributed by atoms with Crippen molar-refractivity contribution in [2.45, 2.75) is 17.4 Å². The fourth-order valence-electron chi connectivity index (χ4n) is 2.40. The molecule has 19 heavy (non-hydrogen) atoms. The van der Waals surface area contributed by atoms with Crippen molar-refractivity contribution in [3.05, 3.63) is 24.4 Å². The van der Waals surface area contributed by atoms with Crippen molar-refractivity contribution in [3.63, 3.8) is 0 Å². The van der Waals surface area contributed by atoms with E-state index in [1.165, 1.54) is 10.5 Å². The molecule has 3 rings (SSSR count). The number of nitrogens with zero attached hydrogens (tertiary/aromatic N) is 1. The number of aromatic amines is 1. The van der Waals surface area contributed by atoms with E-state index in [1.807, 2.05) is 0 Å². The number of nitrogens with two attached hydrogens (primary N) is 1. The highest BCUT2D eigenvalue weighted by Gasteiger charge is 2.33. The molecule has 1 aliphatic rings. The van der Waals surface area contributed by atoms with E-state index in [0.717, 1.165) is 0 Å². The van der Waals surface area contributed by atoms with Gasteiger partial charge in [0.1, 0.15) is 4.90 Å². The fraction of sp³-hybridized carbons (Fsp3) is 0.333. The summed E-state index contributed by atoms with van der Waals surface area (Å²) in [5, 5.41) is 10.1. The second-order valence-corrected chi connectivity index (χ2v) is 6.67. The highest BCUT2D eigenvalue weighted by molar-refractivity contribution is 7.89. The minimum absolute atomic E-state index is 0.157. The molecule has 0 amide bonds. The largest absolute Gasteiger partial charge is 0.399 e. The average molecular weight is 281 g/mol. The van der Waals surface area contributed by atoms with Gasteiger partial charge >= 0.3 is 0 Å². The molecule has 7 heteroatoms. The highest BCUT2D eigenvalue weighted by atomic mass is 32.2. The van der Waals surface area contributed by atoms with Gasteiger partial charge in [-0.1, -0.05) is 0 Å². The number of nitrogens with one attached hydrogen (secondary N) is 1. The second kappa shape index (κ2) is 4.22. The molecule has 0 saturated carbocycles. The maximum Gasteiger partial charge on any atom is 0.245 e. The van der Waals surface area contributed by atoms with Crippen LogP contribution in [0.1, 0.15) is 6.42 Å². The lowest BCUT2D eigenvalue weighted by Gasteiger charge is -2.14. The Balaban J connectivity index is 2.09. The van der Waals surface area contributed by atoms with Crippen molar-refractivity contribution in [2.24, 2.45) is 0 Å². The Morgan fingerprint density at radius 3 is 2.89 bits per heavy atom. The molecular weight excluding hydrogens is 266 g/mol. The lowest BCUT2D eigenvalue weighted by atomic mass is 10.2. The molecule has 0 radical (unpaired) electrons. The number of hydrogen-bond donors (Lipinski definition) is 3. The first-order valence-corrected chi connectivity index (χ1v) is 7.47. The maximum absolute atomic E-state index is 12.5. The van der Waals surface area contributed by atoms with Gasteiger partial charge in [0.2, 0.25) is 10.0 Å². The number of benzene rings is 1. The number of aromatic nitrogens is 1. The van der Waals surface area contributed by atoms with Crippen molar-refractivity contribution in [2.75, 3.05) is 18.8 Å². The van der Waals surface area contributed by atoms with Crippen LogP contribution in [0.15, 0.2) is 29.3 Å². The zero-order chi connectivity index (χ0) is 13.6. The molecule has 1 atom stereocenters. The van der Waals surface area contributed by atoms with Crippen LogP contribution in [-0.4, -0.2) is 42.0 Å². The Morgan fingerprint density at radius 2 is 2.21 bits per heavy atom. The number of β-amino-alcohol motifs (C(OH)–C–C–N with tert-alkyl or cyclic N) is 1. The standard InChI is InChI=1S/C12H15N3O3S/c13-8-1-2-10-11(5-8)14-6-12(10)19(17,18)15-4-3-9(16)7-15/h1-2,5-6,9,14,16H,3-4,7,13H2/t9-/m1/s1. The maximum atomic E-state index is 12.5. The Bertz CT molecular complexity index is 723. The first kappa shape index (κ1) is 12.5. The zero-order valence-corrected chi connectivity index (χ0v) is 11.0. The van der Waals surface area contributed by atoms with Crippen LogP contribution in [0, 0.1) is 0 Å². The van der Waals surface area contributed by atoms with Gasteiger partial charge in [0, 0.05) is 35.9 Å². The Morgan fingerprint density at radius 1 is 1.42 bits per heavy atom. The van der Waals surface area contributed by atoms with Crippen LogP contribution in [-0.2, 0) is 10.0 Å². The molecule has 1 fully saturated rings. The zero-order valence-electron chi connectivity index (χ0n) is 10.2. The van der Waals surface area contributed by atoms with E-state index in [0.29, 0.717) is 29.6 Å². The normalized spacial score (nSPS) is 21.2. The fourth-order valence-corrected chi connectivity index (χ4v) is 4.05. The monoisotopic (exact) mass is 281 g/mol. The molecule has 1 aromatic carbocycles. The van der Waals surface area contributed by atoms with E-state index in [2.05, 4.69) is 4.98 Å². The van der Waals surface area contributed by atoms with Crippen LogP contribution in [0.5, 0.6) is 0 Å². The smallest absolute Gasteiger partial charge is 0.245 e. The molecule has 4 N–H and O–H groups in total. The molecule has 0 unspecified atom stereocenters. The number of fused-ring (bicyclic) bond motifs is 1. The van der Waals surface area contributed by atoms with Crippen LogP contribution >= 0.6 is 0 Å². The van der Waals surface area contributed by atoms with E-state index in [1.54, 1.807) is 18.2 Å². The van der Waals surface area contributed by atoms with Gasteiger partial charge in [0.25, 0.3) is 0 Å². The van der Waals surface area contributed by atoms with Crippen LogP contribution in [0.4, 0.5) is 5.69 Å². The molecule has 1 aliphatic heterocycles. The minimum Gasteiger partial charge on any atom is -0.399 e. The number of hydrogen-bond acceptors (Lipinski definition) is 4. The highest BCUT2D eigenvalue weighted by Crippen LogP contribution is 2.28. The molecule has 0 spiro atoms. The minimum atomic E-state index is -3.57. The van der Waals surface area contributed by atoms with Gasteiger partial charge in [-0.2, -0.15) is 4.31 Å². The molecule has 2 aromatic rings. The molecular formula is C12H15N3O3S. The number of sulfonamides is 1. The Labute approximate surface area is 110 Å². The van der Waals surface area contributed by atoms with Crippen molar-refractivity contribution < 1.29 is 13.5 Å². The third kappa shape index (κ3) is 1.99. The number of H-pyrrole nitrogens is 1. The summed E-state index contributed by atoms with van der Waals surface area (Å²) in [6.45, 7) is 0.509.